The molecule has 2 bridgehead atoms. The van der Waals surface area contributed by atoms with Crippen molar-refractivity contribution in [2.45, 2.75) is 55.5 Å². The van der Waals surface area contributed by atoms with Gasteiger partial charge in [0, 0.05) is 11.6 Å². The highest BCUT2D eigenvalue weighted by molar-refractivity contribution is 5.79. The number of ether oxygens (including phenoxy) is 2. The predicted molar refractivity (Wildman–Crippen MR) is 120 cm³/mol. The van der Waals surface area contributed by atoms with Crippen molar-refractivity contribution in [3.8, 4) is 11.5 Å². The van der Waals surface area contributed by atoms with Gasteiger partial charge in [-0.3, -0.25) is 9.59 Å². The molecule has 0 aliphatic heterocycles. The second-order valence-corrected chi connectivity index (χ2v) is 9.55. The van der Waals surface area contributed by atoms with Crippen LogP contribution in [0.1, 0.15) is 37.7 Å². The van der Waals surface area contributed by atoms with Crippen LogP contribution < -0.4 is 20.1 Å². The maximum absolute atomic E-state index is 13.4. The van der Waals surface area contributed by atoms with Gasteiger partial charge in [-0.15, -0.1) is 0 Å². The minimum Gasteiger partial charge on any atom is -0.484 e. The van der Waals surface area contributed by atoms with Gasteiger partial charge in [0.05, 0.1) is 17.2 Å². The lowest BCUT2D eigenvalue weighted by Crippen LogP contribution is -2.70. The molecule has 2 aromatic carbocycles. The Morgan fingerprint density at radius 2 is 1.39 bits per heavy atom. The first-order chi connectivity index (χ1) is 17.8. The number of rotatable bonds is 8. The van der Waals surface area contributed by atoms with Gasteiger partial charge in [-0.2, -0.15) is 13.2 Å². The summed E-state index contributed by atoms with van der Waals surface area (Å²) in [7, 11) is 0. The van der Waals surface area contributed by atoms with Crippen molar-refractivity contribution in [2.75, 3.05) is 13.2 Å². The van der Waals surface area contributed by atoms with E-state index in [2.05, 4.69) is 10.6 Å². The second-order valence-electron chi connectivity index (χ2n) is 9.55. The summed E-state index contributed by atoms with van der Waals surface area (Å²) in [5.74, 6) is -5.20. The average Bonchev–Trinajstić information content (AvgIpc) is 2.84. The average molecular weight is 546 g/mol. The van der Waals surface area contributed by atoms with Crippen LogP contribution in [0.3, 0.4) is 0 Å². The van der Waals surface area contributed by atoms with Crippen molar-refractivity contribution < 1.29 is 50.5 Å². The normalized spacial score (nSPS) is 24.6. The number of alkyl halides is 3. The quantitative estimate of drug-likeness (QED) is 0.440. The van der Waals surface area contributed by atoms with Gasteiger partial charge in [-0.05, 0) is 62.4 Å². The number of benzene rings is 2. The molecule has 3 aliphatic rings. The fourth-order valence-electron chi connectivity index (χ4n) is 4.98. The van der Waals surface area contributed by atoms with E-state index in [-0.39, 0.29) is 17.9 Å². The highest BCUT2D eigenvalue weighted by Gasteiger charge is 2.55. The third-order valence-electron chi connectivity index (χ3n) is 6.99. The maximum Gasteiger partial charge on any atom is 0.419 e. The first-order valence-corrected chi connectivity index (χ1v) is 11.7. The van der Waals surface area contributed by atoms with Gasteiger partial charge in [0.25, 0.3) is 11.8 Å². The lowest BCUT2D eigenvalue weighted by Gasteiger charge is -2.56. The minimum absolute atomic E-state index is 0.0249. The molecule has 3 aliphatic carbocycles. The molecule has 0 saturated heterocycles. The zero-order valence-corrected chi connectivity index (χ0v) is 19.8. The summed E-state index contributed by atoms with van der Waals surface area (Å²) in [5.41, 5.74) is -3.27. The van der Waals surface area contributed by atoms with Gasteiger partial charge in [0.15, 0.2) is 24.8 Å². The van der Waals surface area contributed by atoms with E-state index >= 15 is 0 Å². The van der Waals surface area contributed by atoms with Crippen LogP contribution in [-0.4, -0.2) is 47.3 Å². The van der Waals surface area contributed by atoms with Gasteiger partial charge in [0.2, 0.25) is 0 Å². The van der Waals surface area contributed by atoms with Crippen molar-refractivity contribution in [3.05, 3.63) is 59.4 Å². The van der Waals surface area contributed by atoms with E-state index in [1.165, 1.54) is 6.07 Å². The molecule has 0 aromatic heterocycles. The molecule has 38 heavy (non-hydrogen) atoms. The smallest absolute Gasteiger partial charge is 0.419 e. The molecule has 206 valence electrons. The molecular weight excluding hydrogens is 522 g/mol. The predicted octanol–water partition coefficient (Wildman–Crippen LogP) is 3.63. The summed E-state index contributed by atoms with van der Waals surface area (Å²) < 4.78 is 88.7. The van der Waals surface area contributed by atoms with E-state index in [4.69, 9.17) is 9.47 Å². The number of nitrogens with one attached hydrogen (secondary N) is 2. The Morgan fingerprint density at radius 3 is 1.95 bits per heavy atom. The molecule has 3 fully saturated rings. The van der Waals surface area contributed by atoms with E-state index in [9.17, 15) is 41.0 Å². The van der Waals surface area contributed by atoms with E-state index in [1.54, 1.807) is 0 Å². The van der Waals surface area contributed by atoms with Crippen LogP contribution in [0.5, 0.6) is 11.5 Å². The Bertz CT molecular complexity index is 1210. The molecule has 13 heteroatoms. The Kier molecular flexibility index (Phi) is 7.51. The Morgan fingerprint density at radius 1 is 0.842 bits per heavy atom. The summed E-state index contributed by atoms with van der Waals surface area (Å²) in [6.07, 6.45) is -4.41. The fraction of sp³-hybridized carbons (Fsp3) is 0.440. The zero-order chi connectivity index (χ0) is 27.7. The Labute approximate surface area is 213 Å². The van der Waals surface area contributed by atoms with Crippen molar-refractivity contribution >= 4 is 11.8 Å². The van der Waals surface area contributed by atoms with Crippen LogP contribution in [0.4, 0.5) is 26.3 Å². The number of halogens is 6. The number of hydrogen-bond acceptors (Lipinski definition) is 5. The van der Waals surface area contributed by atoms with E-state index in [0.717, 1.165) is 18.2 Å². The first-order valence-electron chi connectivity index (χ1n) is 11.7. The van der Waals surface area contributed by atoms with Crippen LogP contribution in [-0.2, 0) is 15.8 Å². The minimum atomic E-state index is -4.92. The number of aliphatic hydroxyl groups excluding tert-OH is 1. The lowest BCUT2D eigenvalue weighted by atomic mass is 9.60. The first kappa shape index (κ1) is 27.6. The second kappa shape index (κ2) is 10.4. The summed E-state index contributed by atoms with van der Waals surface area (Å²) >= 11 is 0. The van der Waals surface area contributed by atoms with Gasteiger partial charge in [-0.1, -0.05) is 0 Å². The summed E-state index contributed by atoms with van der Waals surface area (Å²) in [5, 5.41) is 16.3. The lowest BCUT2D eigenvalue weighted by molar-refractivity contribution is -0.140. The zero-order valence-electron chi connectivity index (χ0n) is 19.8. The van der Waals surface area contributed by atoms with Crippen LogP contribution in [0.25, 0.3) is 0 Å². The fourth-order valence-corrected chi connectivity index (χ4v) is 4.98. The molecule has 0 radical (unpaired) electrons. The van der Waals surface area contributed by atoms with Gasteiger partial charge < -0.3 is 25.2 Å². The van der Waals surface area contributed by atoms with Gasteiger partial charge >= 0.3 is 6.18 Å². The molecule has 5 rings (SSSR count). The standard InChI is InChI=1S/C25H24F6N2O5/c26-17-3-1-14(9-16(17)25(29,30)31)37-13-22(36)33-24-7-5-23(6-8-24,11-20(24)34)32-21(35)12-38-15-2-4-18(27)19(28)10-15/h1-4,9-10,20,34H,5-8,11-13H2,(H,32,35)(H,33,36)/t20-,23?,24?/m0/s1. The SMILES string of the molecule is O=C(COc1ccc(F)c(F)c1)NC12CCC(NC(=O)COc3ccc(F)c(C(F)(F)F)c3)(CC1)[C@@H](O)C2. The molecule has 0 spiro atoms. The number of hydrogen-bond donors (Lipinski definition) is 3. The summed E-state index contributed by atoms with van der Waals surface area (Å²) in [6, 6.07) is 4.90. The molecule has 2 amide bonds. The van der Waals surface area contributed by atoms with Gasteiger partial charge in [0.1, 0.15) is 17.3 Å². The van der Waals surface area contributed by atoms with Crippen LogP contribution in [0.2, 0.25) is 0 Å². The van der Waals surface area contributed by atoms with Gasteiger partial charge in [-0.25, -0.2) is 13.2 Å². The Balaban J connectivity index is 1.29. The monoisotopic (exact) mass is 546 g/mol. The largest absolute Gasteiger partial charge is 0.484 e. The molecule has 2 aromatic rings. The van der Waals surface area contributed by atoms with Crippen LogP contribution >= 0.6 is 0 Å². The summed E-state index contributed by atoms with van der Waals surface area (Å²) in [6.45, 7) is -1.11. The molecular formula is C25H24F6N2O5. The number of carbonyl (C=O) groups is 2. The van der Waals surface area contributed by atoms with Crippen molar-refractivity contribution in [3.63, 3.8) is 0 Å². The number of aliphatic hydroxyl groups is 1. The number of carbonyl (C=O) groups excluding carboxylic acids is 2. The molecule has 3 N–H and O–H groups in total. The molecule has 3 saturated carbocycles. The number of amides is 2. The highest BCUT2D eigenvalue weighted by Crippen LogP contribution is 2.47. The third-order valence-corrected chi connectivity index (χ3v) is 6.99. The number of fused-ring (bicyclic) bond motifs is 3. The third kappa shape index (κ3) is 5.98. The van der Waals surface area contributed by atoms with Crippen molar-refractivity contribution in [1.82, 2.24) is 10.6 Å². The van der Waals surface area contributed by atoms with Crippen LogP contribution in [0, 0.1) is 17.5 Å². The Hall–Kier alpha value is -3.48. The summed E-state index contributed by atoms with van der Waals surface area (Å²) in [4.78, 5) is 24.9. The van der Waals surface area contributed by atoms with Crippen molar-refractivity contribution in [1.29, 1.82) is 0 Å². The topological polar surface area (TPSA) is 96.9 Å². The van der Waals surface area contributed by atoms with E-state index < -0.39 is 71.4 Å². The molecule has 0 heterocycles. The highest BCUT2D eigenvalue weighted by atomic mass is 19.4. The van der Waals surface area contributed by atoms with Crippen LogP contribution in [0.15, 0.2) is 36.4 Å². The maximum atomic E-state index is 13.4. The van der Waals surface area contributed by atoms with E-state index in [1.807, 2.05) is 0 Å². The molecule has 7 nitrogen and oxygen atoms in total. The van der Waals surface area contributed by atoms with Crippen molar-refractivity contribution in [2.24, 2.45) is 0 Å². The van der Waals surface area contributed by atoms with E-state index in [0.29, 0.717) is 37.8 Å². The molecule has 0 unspecified atom stereocenters. The molecule has 1 atom stereocenters.